The predicted molar refractivity (Wildman–Crippen MR) is 84.7 cm³/mol. The molecule has 0 fully saturated rings. The van der Waals surface area contributed by atoms with Gasteiger partial charge in [0.05, 0.1) is 11.5 Å². The second-order valence-corrected chi connectivity index (χ2v) is 7.02. The van der Waals surface area contributed by atoms with Crippen LogP contribution in [0.5, 0.6) is 0 Å². The molecule has 2 N–H and O–H groups in total. The number of benzene rings is 1. The Morgan fingerprint density at radius 1 is 1.18 bits per heavy atom. The molecule has 0 radical (unpaired) electrons. The van der Waals surface area contributed by atoms with Gasteiger partial charge in [-0.15, -0.1) is 0 Å². The van der Waals surface area contributed by atoms with Crippen LogP contribution in [0.25, 0.3) is 0 Å². The lowest BCUT2D eigenvalue weighted by atomic mass is 9.80. The molecule has 122 valence electrons. The second kappa shape index (κ2) is 6.38. The zero-order valence-electron chi connectivity index (χ0n) is 14.1. The molecule has 0 bridgehead atoms. The van der Waals surface area contributed by atoms with Gasteiger partial charge in [0.1, 0.15) is 5.60 Å². The summed E-state index contributed by atoms with van der Waals surface area (Å²) in [5, 5.41) is 12.2. The number of hydrogen-bond donors (Lipinski definition) is 2. The first kappa shape index (κ1) is 18.0. The van der Waals surface area contributed by atoms with E-state index in [4.69, 9.17) is 4.74 Å². The summed E-state index contributed by atoms with van der Waals surface area (Å²) in [5.74, 6) is -0.991. The van der Waals surface area contributed by atoms with E-state index < -0.39 is 29.1 Å². The van der Waals surface area contributed by atoms with E-state index in [2.05, 4.69) is 5.32 Å². The fourth-order valence-corrected chi connectivity index (χ4v) is 2.08. The third-order valence-electron chi connectivity index (χ3n) is 3.31. The Kier molecular flexibility index (Phi) is 5.22. The zero-order valence-corrected chi connectivity index (χ0v) is 14.1. The first-order chi connectivity index (χ1) is 9.93. The van der Waals surface area contributed by atoms with Crippen molar-refractivity contribution >= 4 is 12.1 Å². The summed E-state index contributed by atoms with van der Waals surface area (Å²) in [6, 6.07) is 6.74. The van der Waals surface area contributed by atoms with Crippen LogP contribution in [0, 0.1) is 12.3 Å². The quantitative estimate of drug-likeness (QED) is 0.890. The summed E-state index contributed by atoms with van der Waals surface area (Å²) in [7, 11) is 0. The second-order valence-electron chi connectivity index (χ2n) is 7.02. The highest BCUT2D eigenvalue weighted by Gasteiger charge is 2.39. The molecule has 0 aliphatic carbocycles. The first-order valence-corrected chi connectivity index (χ1v) is 7.23. The van der Waals surface area contributed by atoms with Gasteiger partial charge in [-0.2, -0.15) is 0 Å². The van der Waals surface area contributed by atoms with Gasteiger partial charge in [-0.1, -0.05) is 29.8 Å². The van der Waals surface area contributed by atoms with E-state index in [-0.39, 0.29) is 0 Å². The molecule has 0 saturated heterocycles. The standard InChI is InChI=1S/C17H25NO4/c1-11-8-7-9-12(10-11)13(17(5,6)14(19)20)18-15(21)22-16(2,3)4/h7-10,13H,1-6H3,(H,18,21)(H,19,20)/t13-/m1/s1. The number of nitrogens with one attached hydrogen (secondary N) is 1. The lowest BCUT2D eigenvalue weighted by molar-refractivity contribution is -0.148. The van der Waals surface area contributed by atoms with Crippen LogP contribution in [0.1, 0.15) is 51.8 Å². The van der Waals surface area contributed by atoms with E-state index in [1.165, 1.54) is 0 Å². The molecule has 0 spiro atoms. The van der Waals surface area contributed by atoms with Gasteiger partial charge in [0.25, 0.3) is 0 Å². The molecule has 0 aliphatic rings. The third kappa shape index (κ3) is 4.76. The number of amides is 1. The monoisotopic (exact) mass is 307 g/mol. The Morgan fingerprint density at radius 3 is 2.23 bits per heavy atom. The molecule has 1 atom stereocenters. The molecule has 0 aromatic heterocycles. The van der Waals surface area contributed by atoms with Crippen LogP contribution in [-0.2, 0) is 9.53 Å². The molecule has 1 rings (SSSR count). The van der Waals surface area contributed by atoms with Crippen LogP contribution in [0.3, 0.4) is 0 Å². The number of carbonyl (C=O) groups excluding carboxylic acids is 1. The number of aliphatic carboxylic acids is 1. The van der Waals surface area contributed by atoms with Gasteiger partial charge in [0.15, 0.2) is 0 Å². The van der Waals surface area contributed by atoms with Gasteiger partial charge in [-0.25, -0.2) is 4.79 Å². The minimum Gasteiger partial charge on any atom is -0.481 e. The zero-order chi connectivity index (χ0) is 17.1. The molecule has 0 heterocycles. The molecule has 0 saturated carbocycles. The number of rotatable bonds is 4. The molecular formula is C17H25NO4. The molecule has 1 aromatic rings. The van der Waals surface area contributed by atoms with Crippen LogP contribution in [0.15, 0.2) is 24.3 Å². The van der Waals surface area contributed by atoms with Gasteiger partial charge in [0, 0.05) is 0 Å². The highest BCUT2D eigenvalue weighted by Crippen LogP contribution is 2.34. The Balaban J connectivity index is 3.13. The van der Waals surface area contributed by atoms with Crippen molar-refractivity contribution in [3.8, 4) is 0 Å². The first-order valence-electron chi connectivity index (χ1n) is 7.23. The van der Waals surface area contributed by atoms with Crippen LogP contribution >= 0.6 is 0 Å². The summed E-state index contributed by atoms with van der Waals surface area (Å²) in [6.45, 7) is 10.4. The van der Waals surface area contributed by atoms with Crippen molar-refractivity contribution in [3.05, 3.63) is 35.4 Å². The predicted octanol–water partition coefficient (Wildman–Crippen LogP) is 3.67. The normalized spacial score (nSPS) is 13.4. The van der Waals surface area contributed by atoms with Crippen molar-refractivity contribution in [2.24, 2.45) is 5.41 Å². The van der Waals surface area contributed by atoms with E-state index >= 15 is 0 Å². The summed E-state index contributed by atoms with van der Waals surface area (Å²) >= 11 is 0. The topological polar surface area (TPSA) is 75.6 Å². The summed E-state index contributed by atoms with van der Waals surface area (Å²) in [5.41, 5.74) is -0.0906. The molecule has 5 nitrogen and oxygen atoms in total. The largest absolute Gasteiger partial charge is 0.481 e. The highest BCUT2D eigenvalue weighted by molar-refractivity contribution is 5.77. The van der Waals surface area contributed by atoms with E-state index in [0.717, 1.165) is 11.1 Å². The average molecular weight is 307 g/mol. The fraction of sp³-hybridized carbons (Fsp3) is 0.529. The lowest BCUT2D eigenvalue weighted by Gasteiger charge is -2.32. The number of alkyl carbamates (subject to hydrolysis) is 1. The molecule has 0 aliphatic heterocycles. The maximum absolute atomic E-state index is 12.1. The van der Waals surface area contributed by atoms with E-state index in [9.17, 15) is 14.7 Å². The maximum atomic E-state index is 12.1. The van der Waals surface area contributed by atoms with Crippen molar-refractivity contribution in [1.29, 1.82) is 0 Å². The minimum absolute atomic E-state index is 0.631. The molecule has 1 amide bonds. The van der Waals surface area contributed by atoms with Crippen LogP contribution in [0.4, 0.5) is 4.79 Å². The summed E-state index contributed by atoms with van der Waals surface area (Å²) < 4.78 is 5.25. The molecule has 1 aromatic carbocycles. The van der Waals surface area contributed by atoms with Gasteiger partial charge in [-0.05, 0) is 47.1 Å². The number of carboxylic acid groups (broad SMARTS) is 1. The third-order valence-corrected chi connectivity index (χ3v) is 3.31. The Hall–Kier alpha value is -2.04. The number of carboxylic acids is 1. The number of ether oxygens (including phenoxy) is 1. The van der Waals surface area contributed by atoms with Crippen LogP contribution < -0.4 is 5.32 Å². The number of hydrogen-bond acceptors (Lipinski definition) is 3. The molecule has 22 heavy (non-hydrogen) atoms. The fourth-order valence-electron chi connectivity index (χ4n) is 2.08. The van der Waals surface area contributed by atoms with Crippen molar-refractivity contribution < 1.29 is 19.4 Å². The molecular weight excluding hydrogens is 282 g/mol. The maximum Gasteiger partial charge on any atom is 0.408 e. The summed E-state index contributed by atoms with van der Waals surface area (Å²) in [6.07, 6.45) is -0.631. The number of carbonyl (C=O) groups is 2. The highest BCUT2D eigenvalue weighted by atomic mass is 16.6. The SMILES string of the molecule is Cc1cccc([C@@H](NC(=O)OC(C)(C)C)C(C)(C)C(=O)O)c1. The Morgan fingerprint density at radius 2 is 1.77 bits per heavy atom. The number of aryl methyl sites for hydroxylation is 1. The smallest absolute Gasteiger partial charge is 0.408 e. The van der Waals surface area contributed by atoms with Crippen molar-refractivity contribution in [2.45, 2.75) is 53.2 Å². The Labute approximate surface area is 131 Å². The van der Waals surface area contributed by atoms with Crippen LogP contribution in [0.2, 0.25) is 0 Å². The van der Waals surface area contributed by atoms with E-state index in [1.54, 1.807) is 40.7 Å². The van der Waals surface area contributed by atoms with E-state index in [0.29, 0.717) is 0 Å². The van der Waals surface area contributed by atoms with Crippen LogP contribution in [-0.4, -0.2) is 22.8 Å². The van der Waals surface area contributed by atoms with Gasteiger partial charge < -0.3 is 15.2 Å². The van der Waals surface area contributed by atoms with E-state index in [1.807, 2.05) is 25.1 Å². The molecule has 0 unspecified atom stereocenters. The van der Waals surface area contributed by atoms with Crippen molar-refractivity contribution in [1.82, 2.24) is 5.32 Å². The summed E-state index contributed by atoms with van der Waals surface area (Å²) in [4.78, 5) is 23.7. The van der Waals surface area contributed by atoms with Crippen molar-refractivity contribution in [3.63, 3.8) is 0 Å². The van der Waals surface area contributed by atoms with Gasteiger partial charge in [-0.3, -0.25) is 4.79 Å². The van der Waals surface area contributed by atoms with Crippen molar-refractivity contribution in [2.75, 3.05) is 0 Å². The average Bonchev–Trinajstić information content (AvgIpc) is 2.33. The van der Waals surface area contributed by atoms with Gasteiger partial charge in [0.2, 0.25) is 0 Å². The van der Waals surface area contributed by atoms with Gasteiger partial charge >= 0.3 is 12.1 Å². The minimum atomic E-state index is -1.18. The molecule has 5 heteroatoms. The lowest BCUT2D eigenvalue weighted by Crippen LogP contribution is -2.44. The Bertz CT molecular complexity index is 558.